The van der Waals surface area contributed by atoms with E-state index in [4.69, 9.17) is 4.52 Å². The molecular weight excluding hydrogens is 294 g/mol. The summed E-state index contributed by atoms with van der Waals surface area (Å²) in [5, 5.41) is 8.55. The number of nitrogens with one attached hydrogen (secondary N) is 1. The number of nitrogens with zero attached hydrogens (tertiary/aromatic N) is 2. The molecule has 0 spiro atoms. The molecule has 0 atom stereocenters. The molecule has 2 aromatic rings. The van der Waals surface area contributed by atoms with E-state index >= 15 is 0 Å². The van der Waals surface area contributed by atoms with Crippen LogP contribution in [0, 0.1) is 6.92 Å². The molecule has 0 aliphatic rings. The van der Waals surface area contributed by atoms with Crippen molar-refractivity contribution >= 4 is 28.3 Å². The van der Waals surface area contributed by atoms with Crippen LogP contribution in [0.25, 0.3) is 0 Å². The Hall–Kier alpha value is -2.22. The van der Waals surface area contributed by atoms with Gasteiger partial charge >= 0.3 is 5.97 Å². The molecule has 7 nitrogen and oxygen atoms in total. The zero-order chi connectivity index (χ0) is 15.2. The number of amides is 1. The van der Waals surface area contributed by atoms with Crippen molar-refractivity contribution in [3.8, 4) is 0 Å². The quantitative estimate of drug-likeness (QED) is 0.822. The first kappa shape index (κ1) is 15.2. The van der Waals surface area contributed by atoms with E-state index in [1.807, 2.05) is 5.38 Å². The molecule has 0 saturated carbocycles. The van der Waals surface area contributed by atoms with Crippen LogP contribution >= 0.6 is 11.3 Å². The molecule has 112 valence electrons. The van der Waals surface area contributed by atoms with Crippen LogP contribution in [-0.2, 0) is 16.0 Å². The van der Waals surface area contributed by atoms with Gasteiger partial charge in [-0.1, -0.05) is 5.16 Å². The second kappa shape index (κ2) is 6.98. The lowest BCUT2D eigenvalue weighted by Gasteiger charge is -1.99. The number of anilines is 1. The number of hydrogen-bond acceptors (Lipinski definition) is 7. The first-order chi connectivity index (χ1) is 10.1. The Kier molecular flexibility index (Phi) is 5.04. The van der Waals surface area contributed by atoms with E-state index in [9.17, 15) is 9.59 Å². The van der Waals surface area contributed by atoms with Crippen LogP contribution in [0.5, 0.6) is 0 Å². The SMILES string of the molecule is COC(=O)CCCc1csc(NC(=O)c2oncc2C)n1. The topological polar surface area (TPSA) is 94.3 Å². The predicted molar refractivity (Wildman–Crippen MR) is 76.3 cm³/mol. The van der Waals surface area contributed by atoms with E-state index in [0.29, 0.717) is 30.0 Å². The number of ether oxygens (including phenoxy) is 1. The molecule has 2 aromatic heterocycles. The molecule has 2 rings (SSSR count). The second-order valence-electron chi connectivity index (χ2n) is 4.37. The van der Waals surface area contributed by atoms with Gasteiger partial charge in [-0.3, -0.25) is 14.9 Å². The van der Waals surface area contributed by atoms with Gasteiger partial charge < -0.3 is 9.26 Å². The monoisotopic (exact) mass is 309 g/mol. The minimum Gasteiger partial charge on any atom is -0.469 e. The third-order valence-electron chi connectivity index (χ3n) is 2.77. The zero-order valence-electron chi connectivity index (χ0n) is 11.7. The Balaban J connectivity index is 1.87. The Bertz CT molecular complexity index is 635. The molecule has 21 heavy (non-hydrogen) atoms. The van der Waals surface area contributed by atoms with E-state index < -0.39 is 0 Å². The number of esters is 1. The lowest BCUT2D eigenvalue weighted by atomic mass is 10.2. The summed E-state index contributed by atoms with van der Waals surface area (Å²) in [5.41, 5.74) is 1.50. The summed E-state index contributed by atoms with van der Waals surface area (Å²) in [6.07, 6.45) is 3.15. The fraction of sp³-hybridized carbons (Fsp3) is 0.385. The summed E-state index contributed by atoms with van der Waals surface area (Å²) < 4.78 is 9.44. The van der Waals surface area contributed by atoms with E-state index in [1.54, 1.807) is 6.92 Å². The molecule has 0 bridgehead atoms. The fourth-order valence-electron chi connectivity index (χ4n) is 1.66. The molecule has 0 aromatic carbocycles. The summed E-state index contributed by atoms with van der Waals surface area (Å²) >= 11 is 1.32. The number of rotatable bonds is 6. The summed E-state index contributed by atoms with van der Waals surface area (Å²) in [6, 6.07) is 0. The first-order valence-electron chi connectivity index (χ1n) is 6.34. The molecule has 0 aliphatic heterocycles. The van der Waals surface area contributed by atoms with Crippen LogP contribution in [0.3, 0.4) is 0 Å². The van der Waals surface area contributed by atoms with Gasteiger partial charge in [0.25, 0.3) is 5.91 Å². The van der Waals surface area contributed by atoms with Crippen molar-refractivity contribution in [2.45, 2.75) is 26.2 Å². The molecule has 0 unspecified atom stereocenters. The van der Waals surface area contributed by atoms with E-state index in [-0.39, 0.29) is 17.6 Å². The summed E-state index contributed by atoms with van der Waals surface area (Å²) in [7, 11) is 1.37. The summed E-state index contributed by atoms with van der Waals surface area (Å²) in [5.74, 6) is -0.433. The second-order valence-corrected chi connectivity index (χ2v) is 5.22. The maximum absolute atomic E-state index is 11.9. The number of carbonyl (C=O) groups is 2. The largest absolute Gasteiger partial charge is 0.469 e. The molecule has 0 fully saturated rings. The maximum Gasteiger partial charge on any atom is 0.305 e. The van der Waals surface area contributed by atoms with Crippen molar-refractivity contribution in [1.82, 2.24) is 10.1 Å². The minimum absolute atomic E-state index is 0.178. The van der Waals surface area contributed by atoms with Crippen LogP contribution < -0.4 is 5.32 Å². The predicted octanol–water partition coefficient (Wildman–Crippen LogP) is 2.19. The van der Waals surface area contributed by atoms with Gasteiger partial charge in [-0.05, 0) is 19.8 Å². The smallest absolute Gasteiger partial charge is 0.305 e. The Morgan fingerprint density at radius 3 is 2.95 bits per heavy atom. The highest BCUT2D eigenvalue weighted by Gasteiger charge is 2.15. The van der Waals surface area contributed by atoms with Gasteiger partial charge in [-0.15, -0.1) is 11.3 Å². The molecule has 0 aliphatic carbocycles. The average Bonchev–Trinajstić information content (AvgIpc) is 3.07. The van der Waals surface area contributed by atoms with Crippen molar-refractivity contribution in [1.29, 1.82) is 0 Å². The fourth-order valence-corrected chi connectivity index (χ4v) is 2.40. The van der Waals surface area contributed by atoms with Crippen molar-refractivity contribution in [2.24, 2.45) is 0 Å². The normalized spacial score (nSPS) is 10.4. The Morgan fingerprint density at radius 1 is 1.48 bits per heavy atom. The maximum atomic E-state index is 11.9. The van der Waals surface area contributed by atoms with E-state index in [0.717, 1.165) is 5.69 Å². The molecule has 2 heterocycles. The highest BCUT2D eigenvalue weighted by atomic mass is 32.1. The van der Waals surface area contributed by atoms with Crippen molar-refractivity contribution < 1.29 is 18.8 Å². The molecule has 0 saturated heterocycles. The number of carbonyl (C=O) groups excluding carboxylic acids is 2. The van der Waals surface area contributed by atoms with Gasteiger partial charge in [0.15, 0.2) is 5.13 Å². The molecule has 0 radical (unpaired) electrons. The van der Waals surface area contributed by atoms with Crippen LogP contribution in [0.15, 0.2) is 16.1 Å². The van der Waals surface area contributed by atoms with Gasteiger partial charge in [-0.2, -0.15) is 0 Å². The van der Waals surface area contributed by atoms with E-state index in [1.165, 1.54) is 24.6 Å². The lowest BCUT2D eigenvalue weighted by molar-refractivity contribution is -0.140. The minimum atomic E-state index is -0.375. The van der Waals surface area contributed by atoms with Crippen molar-refractivity contribution in [3.05, 3.63) is 28.6 Å². The van der Waals surface area contributed by atoms with Gasteiger partial charge in [-0.25, -0.2) is 4.98 Å². The van der Waals surface area contributed by atoms with Crippen molar-refractivity contribution in [2.75, 3.05) is 12.4 Å². The molecule has 8 heteroatoms. The number of aryl methyl sites for hydroxylation is 2. The van der Waals surface area contributed by atoms with Crippen LogP contribution in [0.1, 0.15) is 34.7 Å². The first-order valence-corrected chi connectivity index (χ1v) is 7.22. The number of thiazole rings is 1. The highest BCUT2D eigenvalue weighted by Crippen LogP contribution is 2.18. The van der Waals surface area contributed by atoms with E-state index in [2.05, 4.69) is 20.2 Å². The third kappa shape index (κ3) is 4.12. The number of aromatic nitrogens is 2. The van der Waals surface area contributed by atoms with Gasteiger partial charge in [0, 0.05) is 17.4 Å². The van der Waals surface area contributed by atoms with Gasteiger partial charge in [0.1, 0.15) is 0 Å². The van der Waals surface area contributed by atoms with Crippen LogP contribution in [0.2, 0.25) is 0 Å². The summed E-state index contributed by atoms with van der Waals surface area (Å²) in [4.78, 5) is 27.2. The molecule has 1 amide bonds. The number of hydrogen-bond donors (Lipinski definition) is 1. The third-order valence-corrected chi connectivity index (χ3v) is 3.57. The summed E-state index contributed by atoms with van der Waals surface area (Å²) in [6.45, 7) is 1.74. The zero-order valence-corrected chi connectivity index (χ0v) is 12.5. The van der Waals surface area contributed by atoms with Gasteiger partial charge in [0.05, 0.1) is 19.0 Å². The average molecular weight is 309 g/mol. The standard InChI is InChI=1S/C13H15N3O4S/c1-8-6-14-20-11(8)12(18)16-13-15-9(7-21-13)4-3-5-10(17)19-2/h6-7H,3-5H2,1-2H3,(H,15,16,18). The van der Waals surface area contributed by atoms with Crippen LogP contribution in [-0.4, -0.2) is 29.1 Å². The van der Waals surface area contributed by atoms with Crippen molar-refractivity contribution in [3.63, 3.8) is 0 Å². The Morgan fingerprint density at radius 2 is 2.29 bits per heavy atom. The van der Waals surface area contributed by atoms with Gasteiger partial charge in [0.2, 0.25) is 5.76 Å². The lowest BCUT2D eigenvalue weighted by Crippen LogP contribution is -2.12. The Labute approximate surface area is 125 Å². The highest BCUT2D eigenvalue weighted by molar-refractivity contribution is 7.13. The molecular formula is C13H15N3O4S. The van der Waals surface area contributed by atoms with Crippen LogP contribution in [0.4, 0.5) is 5.13 Å². The molecule has 1 N–H and O–H groups in total. The number of methoxy groups -OCH3 is 1.